The lowest BCUT2D eigenvalue weighted by Crippen LogP contribution is -2.44. The Kier molecular flexibility index (Phi) is 5.79. The second-order valence-corrected chi connectivity index (χ2v) is 8.11. The molecule has 0 spiro atoms. The third-order valence-corrected chi connectivity index (χ3v) is 4.51. The van der Waals surface area contributed by atoms with Gasteiger partial charge in [-0.25, -0.2) is 4.79 Å². The van der Waals surface area contributed by atoms with Crippen molar-refractivity contribution < 1.29 is 9.53 Å². The molecule has 1 N–H and O–H groups in total. The lowest BCUT2D eigenvalue weighted by molar-refractivity contribution is 0.0179. The van der Waals surface area contributed by atoms with E-state index in [1.54, 1.807) is 0 Å². The van der Waals surface area contributed by atoms with Crippen molar-refractivity contribution in [2.45, 2.75) is 66.0 Å². The lowest BCUT2D eigenvalue weighted by Gasteiger charge is -2.36. The molecule has 0 radical (unpaired) electrons. The third-order valence-electron chi connectivity index (χ3n) is 4.51. The third kappa shape index (κ3) is 5.43. The molecule has 134 valence electrons. The van der Waals surface area contributed by atoms with E-state index in [2.05, 4.69) is 44.3 Å². The van der Waals surface area contributed by atoms with Crippen molar-refractivity contribution >= 4 is 11.8 Å². The van der Waals surface area contributed by atoms with E-state index in [1.165, 1.54) is 16.8 Å². The zero-order chi connectivity index (χ0) is 17.9. The molecular weight excluding hydrogens is 300 g/mol. The maximum Gasteiger partial charge on any atom is 0.410 e. The van der Waals surface area contributed by atoms with Crippen LogP contribution in [-0.4, -0.2) is 35.7 Å². The molecule has 0 aliphatic carbocycles. The fraction of sp³-hybridized carbons (Fsp3) is 0.650. The summed E-state index contributed by atoms with van der Waals surface area (Å²) in [5.41, 5.74) is 3.33. The number of nitrogens with zero attached hydrogens (tertiary/aromatic N) is 1. The van der Waals surface area contributed by atoms with Crippen LogP contribution in [0.3, 0.4) is 0 Å². The molecule has 1 heterocycles. The smallest absolute Gasteiger partial charge is 0.410 e. The number of anilines is 1. The molecule has 1 aliphatic heterocycles. The first kappa shape index (κ1) is 18.6. The Labute approximate surface area is 146 Å². The van der Waals surface area contributed by atoms with Crippen LogP contribution in [0.4, 0.5) is 10.5 Å². The van der Waals surface area contributed by atoms with Crippen LogP contribution in [0.2, 0.25) is 0 Å². The van der Waals surface area contributed by atoms with Crippen molar-refractivity contribution in [2.24, 2.45) is 5.92 Å². The standard InChI is InChI=1S/C20H32N2O2/c1-14-11-15(2)13-18(12-14)21-16(3)17-7-9-22(10-8-17)19(23)24-20(4,5)6/h11-13,16-17,21H,7-10H2,1-6H3. The molecule has 0 saturated carbocycles. The average Bonchev–Trinajstić information content (AvgIpc) is 2.44. The zero-order valence-electron chi connectivity index (χ0n) is 16.0. The van der Waals surface area contributed by atoms with Gasteiger partial charge in [-0.2, -0.15) is 0 Å². The quantitative estimate of drug-likeness (QED) is 0.868. The summed E-state index contributed by atoms with van der Waals surface area (Å²) in [6, 6.07) is 6.97. The summed E-state index contributed by atoms with van der Waals surface area (Å²) in [7, 11) is 0. The van der Waals surface area contributed by atoms with Crippen LogP contribution in [0, 0.1) is 19.8 Å². The maximum absolute atomic E-state index is 12.1. The first-order chi connectivity index (χ1) is 11.1. The van der Waals surface area contributed by atoms with Gasteiger partial charge in [-0.1, -0.05) is 6.07 Å². The van der Waals surface area contributed by atoms with Gasteiger partial charge in [-0.15, -0.1) is 0 Å². The largest absolute Gasteiger partial charge is 0.444 e. The number of carbonyl (C=O) groups is 1. The fourth-order valence-corrected chi connectivity index (χ4v) is 3.35. The Balaban J connectivity index is 1.86. The van der Waals surface area contributed by atoms with Crippen LogP contribution in [0.15, 0.2) is 18.2 Å². The molecule has 4 heteroatoms. The van der Waals surface area contributed by atoms with E-state index in [1.807, 2.05) is 25.7 Å². The van der Waals surface area contributed by atoms with Gasteiger partial charge in [-0.3, -0.25) is 0 Å². The first-order valence-corrected chi connectivity index (χ1v) is 8.97. The summed E-state index contributed by atoms with van der Waals surface area (Å²) in [5, 5.41) is 3.64. The molecule has 24 heavy (non-hydrogen) atoms. The van der Waals surface area contributed by atoms with Crippen molar-refractivity contribution in [1.82, 2.24) is 4.90 Å². The fourth-order valence-electron chi connectivity index (χ4n) is 3.35. The first-order valence-electron chi connectivity index (χ1n) is 8.97. The number of piperidine rings is 1. The number of carbonyl (C=O) groups excluding carboxylic acids is 1. The van der Waals surface area contributed by atoms with Gasteiger partial charge in [0.15, 0.2) is 0 Å². The number of nitrogens with one attached hydrogen (secondary N) is 1. The van der Waals surface area contributed by atoms with Crippen molar-refractivity contribution in [3.8, 4) is 0 Å². The monoisotopic (exact) mass is 332 g/mol. The van der Waals surface area contributed by atoms with Gasteiger partial charge >= 0.3 is 6.09 Å². The van der Waals surface area contributed by atoms with Crippen LogP contribution >= 0.6 is 0 Å². The molecule has 2 rings (SSSR count). The summed E-state index contributed by atoms with van der Waals surface area (Å²) in [6.45, 7) is 13.8. The minimum absolute atomic E-state index is 0.184. The molecule has 1 aromatic carbocycles. The highest BCUT2D eigenvalue weighted by molar-refractivity contribution is 5.68. The minimum atomic E-state index is -0.425. The summed E-state index contributed by atoms with van der Waals surface area (Å²) >= 11 is 0. The molecule has 1 aromatic rings. The normalized spacial score (nSPS) is 17.5. The average molecular weight is 332 g/mol. The van der Waals surface area contributed by atoms with Crippen molar-refractivity contribution in [1.29, 1.82) is 0 Å². The van der Waals surface area contributed by atoms with Crippen LogP contribution in [0.1, 0.15) is 51.7 Å². The molecule has 0 aromatic heterocycles. The summed E-state index contributed by atoms with van der Waals surface area (Å²) in [6.07, 6.45) is 1.84. The number of benzene rings is 1. The van der Waals surface area contributed by atoms with Gasteiger partial charge in [0.05, 0.1) is 0 Å². The number of hydrogen-bond acceptors (Lipinski definition) is 3. The molecule has 1 saturated heterocycles. The van der Waals surface area contributed by atoms with Crippen molar-refractivity contribution in [2.75, 3.05) is 18.4 Å². The Morgan fingerprint density at radius 1 is 1.17 bits per heavy atom. The summed E-state index contributed by atoms with van der Waals surface area (Å²) < 4.78 is 5.47. The second-order valence-electron chi connectivity index (χ2n) is 8.11. The molecule has 1 atom stereocenters. The number of rotatable bonds is 3. The van der Waals surface area contributed by atoms with E-state index in [4.69, 9.17) is 4.74 Å². The van der Waals surface area contributed by atoms with Crippen LogP contribution in [0.5, 0.6) is 0 Å². The number of ether oxygens (including phenoxy) is 1. The predicted molar refractivity (Wildman–Crippen MR) is 99.5 cm³/mol. The molecule has 1 amide bonds. The van der Waals surface area contributed by atoms with E-state index in [-0.39, 0.29) is 6.09 Å². The summed E-state index contributed by atoms with van der Waals surface area (Å²) in [5.74, 6) is 0.574. The minimum Gasteiger partial charge on any atom is -0.444 e. The predicted octanol–water partition coefficient (Wildman–Crippen LogP) is 4.75. The highest BCUT2D eigenvalue weighted by atomic mass is 16.6. The molecule has 0 bridgehead atoms. The van der Waals surface area contributed by atoms with E-state index in [0.717, 1.165) is 25.9 Å². The van der Waals surface area contributed by atoms with Gasteiger partial charge in [0.2, 0.25) is 0 Å². The lowest BCUT2D eigenvalue weighted by atomic mass is 9.90. The van der Waals surface area contributed by atoms with E-state index < -0.39 is 5.60 Å². The Morgan fingerprint density at radius 2 is 1.71 bits per heavy atom. The van der Waals surface area contributed by atoms with Gasteiger partial charge < -0.3 is 15.0 Å². The Morgan fingerprint density at radius 3 is 2.21 bits per heavy atom. The second kappa shape index (κ2) is 7.45. The van der Waals surface area contributed by atoms with E-state index >= 15 is 0 Å². The number of amides is 1. The van der Waals surface area contributed by atoms with Gasteiger partial charge in [0.25, 0.3) is 0 Å². The molecule has 1 fully saturated rings. The molecule has 4 nitrogen and oxygen atoms in total. The zero-order valence-corrected chi connectivity index (χ0v) is 16.0. The molecule has 1 unspecified atom stereocenters. The molecular formula is C20H32N2O2. The van der Waals surface area contributed by atoms with E-state index in [9.17, 15) is 4.79 Å². The Bertz CT molecular complexity index is 549. The highest BCUT2D eigenvalue weighted by Crippen LogP contribution is 2.25. The Hall–Kier alpha value is -1.71. The molecule has 1 aliphatic rings. The summed E-state index contributed by atoms with van der Waals surface area (Å²) in [4.78, 5) is 14.0. The van der Waals surface area contributed by atoms with Crippen LogP contribution in [0.25, 0.3) is 0 Å². The van der Waals surface area contributed by atoms with Crippen LogP contribution in [-0.2, 0) is 4.74 Å². The van der Waals surface area contributed by atoms with Gasteiger partial charge in [-0.05, 0) is 83.6 Å². The topological polar surface area (TPSA) is 41.6 Å². The number of likely N-dealkylation sites (tertiary alicyclic amines) is 1. The SMILES string of the molecule is Cc1cc(C)cc(NC(C)C2CCN(C(=O)OC(C)(C)C)CC2)c1. The number of hydrogen-bond donors (Lipinski definition) is 1. The highest BCUT2D eigenvalue weighted by Gasteiger charge is 2.29. The van der Waals surface area contributed by atoms with E-state index in [0.29, 0.717) is 12.0 Å². The van der Waals surface area contributed by atoms with Gasteiger partial charge in [0.1, 0.15) is 5.60 Å². The maximum atomic E-state index is 12.1. The van der Waals surface area contributed by atoms with Gasteiger partial charge in [0, 0.05) is 24.8 Å². The number of aryl methyl sites for hydroxylation is 2. The van der Waals surface area contributed by atoms with Crippen LogP contribution < -0.4 is 5.32 Å². The van der Waals surface area contributed by atoms with Crippen molar-refractivity contribution in [3.63, 3.8) is 0 Å². The van der Waals surface area contributed by atoms with Crippen molar-refractivity contribution in [3.05, 3.63) is 29.3 Å².